The molecule has 0 saturated carbocycles. The van der Waals surface area contributed by atoms with Gasteiger partial charge in [-0.1, -0.05) is 237 Å². The van der Waals surface area contributed by atoms with E-state index in [-0.39, 0.29) is 0 Å². The van der Waals surface area contributed by atoms with Gasteiger partial charge in [-0.15, -0.1) is 0 Å². The van der Waals surface area contributed by atoms with Gasteiger partial charge >= 0.3 is 0 Å². The van der Waals surface area contributed by atoms with Gasteiger partial charge in [0.05, 0.1) is 68.3 Å². The van der Waals surface area contributed by atoms with Crippen molar-refractivity contribution in [3.63, 3.8) is 0 Å². The normalized spacial score (nSPS) is 11.2. The molecule has 8 nitrogen and oxygen atoms in total. The molecule has 0 saturated heterocycles. The summed E-state index contributed by atoms with van der Waals surface area (Å²) in [5.74, 6) is 1.36. The molecule has 0 aliphatic heterocycles. The molecule has 98 heavy (non-hydrogen) atoms. The minimum Gasteiger partial charge on any atom is -0.309 e. The third-order valence-corrected chi connectivity index (χ3v) is 18.7. The highest BCUT2D eigenvalue weighted by atomic mass is 15.0. The van der Waals surface area contributed by atoms with Gasteiger partial charge in [-0.3, -0.25) is 0 Å². The molecule has 0 unspecified atom stereocenters. The molecular weight excluding hydrogens is 1190 g/mol. The van der Waals surface area contributed by atoms with Gasteiger partial charge in [0.1, 0.15) is 0 Å². The fraction of sp³-hybridized carbons (Fsp3) is 0. The summed E-state index contributed by atoms with van der Waals surface area (Å²) in [6, 6.07) is 120. The van der Waals surface area contributed by atoms with Crippen LogP contribution in [0.3, 0.4) is 0 Å². The second-order valence-corrected chi connectivity index (χ2v) is 24.4. The standard InChI is InChI=1S/C90H54N8/c91-55-58-25-29-65(30-26-58)76-43-37-72(53-86(76)97-82-45-39-68(60-15-5-1-6-16-60)49-78(82)79-50-69(40-46-83(79)97)61-17-7-2-8-18-61)89-94-88(67-35-33-64(34-36-67)75-24-14-13-23-74(75)57-93)95-90(96-89)73-38-44-77(66-31-27-59(56-92)28-32-66)87(54-73)98-84-47-41-70(62-19-9-3-10-20-62)51-80(84)81-52-71(42-48-85(81)98)63-21-11-4-12-22-63/h1-54H. The van der Waals surface area contributed by atoms with Gasteiger partial charge in [-0.2, -0.15) is 15.8 Å². The molecule has 0 aliphatic carbocycles. The number of hydrogen-bond donors (Lipinski definition) is 0. The molecular formula is C90H54N8. The Kier molecular flexibility index (Phi) is 14.5. The van der Waals surface area contributed by atoms with E-state index in [9.17, 15) is 15.8 Å². The third-order valence-electron chi connectivity index (χ3n) is 18.7. The van der Waals surface area contributed by atoms with Crippen LogP contribution in [0.25, 0.3) is 167 Å². The van der Waals surface area contributed by atoms with Gasteiger partial charge in [0.25, 0.3) is 0 Å². The average molecular weight is 1250 g/mol. The predicted molar refractivity (Wildman–Crippen MR) is 397 cm³/mol. The van der Waals surface area contributed by atoms with Gasteiger partial charge in [-0.05, 0) is 158 Å². The Labute approximate surface area is 566 Å². The lowest BCUT2D eigenvalue weighted by molar-refractivity contribution is 1.07. The van der Waals surface area contributed by atoms with Crippen molar-refractivity contribution in [1.82, 2.24) is 24.1 Å². The van der Waals surface area contributed by atoms with Crippen LogP contribution < -0.4 is 0 Å². The van der Waals surface area contributed by atoms with Crippen molar-refractivity contribution in [2.45, 2.75) is 0 Å². The van der Waals surface area contributed by atoms with Gasteiger partial charge in [0.15, 0.2) is 17.5 Å². The Hall–Kier alpha value is -13.8. The van der Waals surface area contributed by atoms with E-state index in [1.165, 1.54) is 0 Å². The fourth-order valence-corrected chi connectivity index (χ4v) is 13.8. The molecule has 14 aromatic carbocycles. The number of hydrogen-bond acceptors (Lipinski definition) is 6. The van der Waals surface area contributed by atoms with Crippen molar-refractivity contribution >= 4 is 43.6 Å². The van der Waals surface area contributed by atoms with Crippen molar-refractivity contribution in [3.8, 4) is 142 Å². The van der Waals surface area contributed by atoms with E-state index in [1.807, 2.05) is 121 Å². The lowest BCUT2D eigenvalue weighted by Gasteiger charge is -2.18. The summed E-state index contributed by atoms with van der Waals surface area (Å²) in [6.07, 6.45) is 0. The maximum atomic E-state index is 10.2. The van der Waals surface area contributed by atoms with E-state index in [2.05, 4.69) is 234 Å². The van der Waals surface area contributed by atoms with Crippen LogP contribution in [-0.4, -0.2) is 24.1 Å². The third kappa shape index (κ3) is 10.5. The van der Waals surface area contributed by atoms with E-state index >= 15 is 0 Å². The summed E-state index contributed by atoms with van der Waals surface area (Å²) in [5, 5.41) is 34.6. The Balaban J connectivity index is 0.908. The molecule has 0 aliphatic rings. The quantitative estimate of drug-likeness (QED) is 0.120. The lowest BCUT2D eigenvalue weighted by atomic mass is 9.98. The number of rotatable bonds is 12. The molecule has 3 heterocycles. The van der Waals surface area contributed by atoms with E-state index < -0.39 is 0 Å². The Morgan fingerprint density at radius 1 is 0.214 bits per heavy atom. The van der Waals surface area contributed by atoms with Gasteiger partial charge in [0.2, 0.25) is 0 Å². The van der Waals surface area contributed by atoms with Crippen LogP contribution in [0.1, 0.15) is 16.7 Å². The highest BCUT2D eigenvalue weighted by Gasteiger charge is 2.24. The monoisotopic (exact) mass is 1250 g/mol. The highest BCUT2D eigenvalue weighted by Crippen LogP contribution is 2.44. The second-order valence-electron chi connectivity index (χ2n) is 24.4. The van der Waals surface area contributed by atoms with Crippen molar-refractivity contribution in [3.05, 3.63) is 344 Å². The maximum Gasteiger partial charge on any atom is 0.164 e. The van der Waals surface area contributed by atoms with Crippen LogP contribution >= 0.6 is 0 Å². The first-order chi connectivity index (χ1) is 48.4. The largest absolute Gasteiger partial charge is 0.309 e. The first-order valence-electron chi connectivity index (χ1n) is 32.5. The summed E-state index contributed by atoms with van der Waals surface area (Å²) >= 11 is 0. The predicted octanol–water partition coefficient (Wildman–Crippen LogP) is 22.4. The molecule has 17 aromatic rings. The Morgan fingerprint density at radius 2 is 0.500 bits per heavy atom. The minimum absolute atomic E-state index is 0.450. The molecule has 0 fully saturated rings. The molecule has 0 bridgehead atoms. The van der Waals surface area contributed by atoms with E-state index in [4.69, 9.17) is 15.0 Å². The molecule has 8 heteroatoms. The first-order valence-corrected chi connectivity index (χ1v) is 32.5. The topological polar surface area (TPSA) is 120 Å². The zero-order valence-corrected chi connectivity index (χ0v) is 52.8. The Bertz CT molecular complexity index is 5580. The summed E-state index contributed by atoms with van der Waals surface area (Å²) in [5.41, 5.74) is 24.2. The van der Waals surface area contributed by atoms with Gasteiger partial charge < -0.3 is 9.13 Å². The smallest absolute Gasteiger partial charge is 0.164 e. The van der Waals surface area contributed by atoms with Gasteiger partial charge in [0, 0.05) is 49.4 Å². The molecule has 454 valence electrons. The molecule has 0 spiro atoms. The molecule has 0 radical (unpaired) electrons. The van der Waals surface area contributed by atoms with E-state index in [0.717, 1.165) is 150 Å². The van der Waals surface area contributed by atoms with Crippen molar-refractivity contribution in [1.29, 1.82) is 15.8 Å². The molecule has 0 atom stereocenters. The maximum absolute atomic E-state index is 10.2. The number of aromatic nitrogens is 5. The number of nitriles is 3. The fourth-order valence-electron chi connectivity index (χ4n) is 13.8. The van der Waals surface area contributed by atoms with E-state index in [0.29, 0.717) is 34.2 Å². The van der Waals surface area contributed by atoms with Gasteiger partial charge in [-0.25, -0.2) is 15.0 Å². The summed E-state index contributed by atoms with van der Waals surface area (Å²) < 4.78 is 4.72. The molecule has 0 N–H and O–H groups in total. The highest BCUT2D eigenvalue weighted by molar-refractivity contribution is 6.14. The van der Waals surface area contributed by atoms with Crippen LogP contribution in [-0.2, 0) is 0 Å². The summed E-state index contributed by atoms with van der Waals surface area (Å²) in [7, 11) is 0. The van der Waals surface area contributed by atoms with Crippen molar-refractivity contribution in [2.24, 2.45) is 0 Å². The zero-order valence-electron chi connectivity index (χ0n) is 52.8. The zero-order chi connectivity index (χ0) is 65.6. The summed E-state index contributed by atoms with van der Waals surface area (Å²) in [6.45, 7) is 0. The number of fused-ring (bicyclic) bond motifs is 6. The molecule has 3 aromatic heterocycles. The summed E-state index contributed by atoms with van der Waals surface area (Å²) in [4.78, 5) is 16.5. The van der Waals surface area contributed by atoms with E-state index in [1.54, 1.807) is 0 Å². The van der Waals surface area contributed by atoms with Crippen LogP contribution in [0, 0.1) is 34.0 Å². The minimum atomic E-state index is 0.450. The average Bonchev–Trinajstić information content (AvgIpc) is 1.57. The Morgan fingerprint density at radius 3 is 0.847 bits per heavy atom. The number of nitrogens with zero attached hydrogens (tertiary/aromatic N) is 8. The SMILES string of the molecule is N#Cc1ccc(-c2ccc(-c3nc(-c4ccc(-c5ccccc5C#N)cc4)nc(-c4ccc(-c5ccc(C#N)cc5)c(-n5c6ccc(-c7ccccc7)cc6c6cc(-c7ccccc7)ccc65)c4)n3)cc2-n2c3ccc(-c4ccccc4)cc3c3cc(-c4ccccc4)ccc32)cc1. The van der Waals surface area contributed by atoms with Crippen LogP contribution in [0.5, 0.6) is 0 Å². The number of benzene rings is 14. The van der Waals surface area contributed by atoms with Crippen LogP contribution in [0.15, 0.2) is 328 Å². The second kappa shape index (κ2) is 24.6. The first kappa shape index (κ1) is 58.0. The van der Waals surface area contributed by atoms with Crippen molar-refractivity contribution in [2.75, 3.05) is 0 Å². The molecule has 0 amide bonds. The lowest BCUT2D eigenvalue weighted by Crippen LogP contribution is -2.03. The van der Waals surface area contributed by atoms with Crippen LogP contribution in [0.4, 0.5) is 0 Å². The van der Waals surface area contributed by atoms with Crippen molar-refractivity contribution < 1.29 is 0 Å². The van der Waals surface area contributed by atoms with Crippen LogP contribution in [0.2, 0.25) is 0 Å². The molecule has 17 rings (SSSR count).